The standard InChI is InChI=1S/C24H26O5/c1-5-6-16-11-18-21(13-20(16)28-14(2)3)29-15(4)23(24(18)25)17-7-8-19-22(12-17)27-10-9-26-19/h7-8,11-14H,5-6,9-10H2,1-4H3. The van der Waals surface area contributed by atoms with Crippen molar-refractivity contribution in [2.75, 3.05) is 13.2 Å². The molecular formula is C24H26O5. The summed E-state index contributed by atoms with van der Waals surface area (Å²) in [4.78, 5) is 13.4. The zero-order valence-corrected chi connectivity index (χ0v) is 17.3. The highest BCUT2D eigenvalue weighted by atomic mass is 16.6. The van der Waals surface area contributed by atoms with E-state index in [0.29, 0.717) is 47.0 Å². The molecule has 2 aromatic carbocycles. The van der Waals surface area contributed by atoms with E-state index in [-0.39, 0.29) is 11.5 Å². The van der Waals surface area contributed by atoms with E-state index in [1.165, 1.54) is 0 Å². The summed E-state index contributed by atoms with van der Waals surface area (Å²) in [5.74, 6) is 2.70. The van der Waals surface area contributed by atoms with Crippen LogP contribution in [0.15, 0.2) is 39.5 Å². The molecule has 0 amide bonds. The Balaban J connectivity index is 1.89. The normalized spacial score (nSPS) is 13.1. The van der Waals surface area contributed by atoms with E-state index in [0.717, 1.165) is 29.7 Å². The molecule has 1 aromatic heterocycles. The lowest BCUT2D eigenvalue weighted by atomic mass is 9.99. The maximum absolute atomic E-state index is 13.4. The first-order valence-corrected chi connectivity index (χ1v) is 10.1. The Morgan fingerprint density at radius 2 is 1.83 bits per heavy atom. The molecule has 2 heterocycles. The smallest absolute Gasteiger partial charge is 0.200 e. The summed E-state index contributed by atoms with van der Waals surface area (Å²) in [6.07, 6.45) is 1.85. The summed E-state index contributed by atoms with van der Waals surface area (Å²) >= 11 is 0. The van der Waals surface area contributed by atoms with Crippen LogP contribution in [0.1, 0.15) is 38.5 Å². The average molecular weight is 394 g/mol. The van der Waals surface area contributed by atoms with Gasteiger partial charge in [-0.2, -0.15) is 0 Å². The third kappa shape index (κ3) is 3.69. The molecule has 0 aliphatic carbocycles. The predicted octanol–water partition coefficient (Wildman–Crippen LogP) is 5.28. The molecule has 5 nitrogen and oxygen atoms in total. The van der Waals surface area contributed by atoms with Crippen molar-refractivity contribution in [2.45, 2.75) is 46.6 Å². The van der Waals surface area contributed by atoms with Gasteiger partial charge in [0.25, 0.3) is 0 Å². The second kappa shape index (κ2) is 7.82. The fourth-order valence-electron chi connectivity index (χ4n) is 3.74. The van der Waals surface area contributed by atoms with Gasteiger partial charge in [-0.3, -0.25) is 4.79 Å². The van der Waals surface area contributed by atoms with E-state index in [9.17, 15) is 4.79 Å². The Bertz CT molecular complexity index is 1110. The lowest BCUT2D eigenvalue weighted by molar-refractivity contribution is 0.171. The first kappa shape index (κ1) is 19.4. The van der Waals surface area contributed by atoms with Gasteiger partial charge in [0.15, 0.2) is 11.5 Å². The average Bonchev–Trinajstić information content (AvgIpc) is 2.69. The largest absolute Gasteiger partial charge is 0.491 e. The van der Waals surface area contributed by atoms with Crippen molar-refractivity contribution in [3.63, 3.8) is 0 Å². The lowest BCUT2D eigenvalue weighted by Gasteiger charge is -2.19. The third-order valence-corrected chi connectivity index (χ3v) is 4.96. The monoisotopic (exact) mass is 394 g/mol. The van der Waals surface area contributed by atoms with Crippen LogP contribution in [0.3, 0.4) is 0 Å². The van der Waals surface area contributed by atoms with Gasteiger partial charge in [-0.1, -0.05) is 19.4 Å². The summed E-state index contributed by atoms with van der Waals surface area (Å²) in [7, 11) is 0. The molecule has 1 aliphatic rings. The fraction of sp³-hybridized carbons (Fsp3) is 0.375. The molecule has 0 N–H and O–H groups in total. The van der Waals surface area contributed by atoms with Gasteiger partial charge >= 0.3 is 0 Å². The predicted molar refractivity (Wildman–Crippen MR) is 113 cm³/mol. The number of fused-ring (bicyclic) bond motifs is 2. The van der Waals surface area contributed by atoms with Gasteiger partial charge in [0.1, 0.15) is 30.3 Å². The number of hydrogen-bond donors (Lipinski definition) is 0. The Labute approximate surface area is 170 Å². The molecule has 0 saturated heterocycles. The van der Waals surface area contributed by atoms with Gasteiger partial charge in [-0.25, -0.2) is 0 Å². The molecule has 4 rings (SSSR count). The zero-order chi connectivity index (χ0) is 20.5. The summed E-state index contributed by atoms with van der Waals surface area (Å²) in [5, 5.41) is 0.569. The SMILES string of the molecule is CCCc1cc2c(=O)c(-c3ccc4c(c3)OCCO4)c(C)oc2cc1OC(C)C. The first-order chi connectivity index (χ1) is 14.0. The minimum absolute atomic E-state index is 0.0473. The molecular weight excluding hydrogens is 368 g/mol. The van der Waals surface area contributed by atoms with Crippen molar-refractivity contribution < 1.29 is 18.6 Å². The van der Waals surface area contributed by atoms with E-state index in [2.05, 4.69) is 6.92 Å². The van der Waals surface area contributed by atoms with E-state index in [4.69, 9.17) is 18.6 Å². The lowest BCUT2D eigenvalue weighted by Crippen LogP contribution is -2.15. The highest BCUT2D eigenvalue weighted by Gasteiger charge is 2.19. The second-order valence-electron chi connectivity index (χ2n) is 7.59. The van der Waals surface area contributed by atoms with Crippen LogP contribution in [0.4, 0.5) is 0 Å². The van der Waals surface area contributed by atoms with Crippen molar-refractivity contribution in [1.82, 2.24) is 0 Å². The molecule has 0 saturated carbocycles. The minimum atomic E-state index is -0.0473. The van der Waals surface area contributed by atoms with Gasteiger partial charge in [0.2, 0.25) is 5.43 Å². The molecule has 0 spiro atoms. The van der Waals surface area contributed by atoms with Crippen LogP contribution in [0.5, 0.6) is 17.2 Å². The zero-order valence-electron chi connectivity index (χ0n) is 17.3. The molecule has 0 unspecified atom stereocenters. The van der Waals surface area contributed by atoms with Gasteiger partial charge < -0.3 is 18.6 Å². The van der Waals surface area contributed by atoms with Gasteiger partial charge in [0.05, 0.1) is 17.1 Å². The Morgan fingerprint density at radius 3 is 2.55 bits per heavy atom. The van der Waals surface area contributed by atoms with Crippen molar-refractivity contribution in [2.24, 2.45) is 0 Å². The molecule has 0 radical (unpaired) electrons. The summed E-state index contributed by atoms with van der Waals surface area (Å²) < 4.78 is 23.3. The number of rotatable bonds is 5. The maximum Gasteiger partial charge on any atom is 0.200 e. The molecule has 0 atom stereocenters. The maximum atomic E-state index is 13.4. The molecule has 0 bridgehead atoms. The summed E-state index contributed by atoms with van der Waals surface area (Å²) in [6, 6.07) is 9.34. The van der Waals surface area contributed by atoms with Crippen LogP contribution in [0, 0.1) is 6.92 Å². The number of aryl methyl sites for hydroxylation is 2. The summed E-state index contributed by atoms with van der Waals surface area (Å²) in [5.41, 5.74) is 2.84. The van der Waals surface area contributed by atoms with Crippen LogP contribution in [0.25, 0.3) is 22.1 Å². The highest BCUT2D eigenvalue weighted by molar-refractivity contribution is 5.85. The van der Waals surface area contributed by atoms with Crippen LogP contribution < -0.4 is 19.6 Å². The quantitative estimate of drug-likeness (QED) is 0.589. The molecule has 1 aliphatic heterocycles. The van der Waals surface area contributed by atoms with E-state index >= 15 is 0 Å². The summed E-state index contributed by atoms with van der Waals surface area (Å²) in [6.45, 7) is 8.95. The number of ether oxygens (including phenoxy) is 3. The van der Waals surface area contributed by atoms with Crippen molar-refractivity contribution in [1.29, 1.82) is 0 Å². The van der Waals surface area contributed by atoms with E-state index in [1.54, 1.807) is 0 Å². The van der Waals surface area contributed by atoms with E-state index < -0.39 is 0 Å². The van der Waals surface area contributed by atoms with Crippen LogP contribution in [-0.4, -0.2) is 19.3 Å². The Kier molecular flexibility index (Phi) is 5.22. The van der Waals surface area contributed by atoms with Crippen molar-refractivity contribution >= 4 is 11.0 Å². The number of hydrogen-bond acceptors (Lipinski definition) is 5. The van der Waals surface area contributed by atoms with Crippen molar-refractivity contribution in [3.8, 4) is 28.4 Å². The van der Waals surface area contributed by atoms with Crippen LogP contribution in [0.2, 0.25) is 0 Å². The molecule has 0 fully saturated rings. The molecule has 5 heteroatoms. The van der Waals surface area contributed by atoms with Gasteiger partial charge in [0, 0.05) is 6.07 Å². The minimum Gasteiger partial charge on any atom is -0.491 e. The Hall–Kier alpha value is -2.95. The third-order valence-electron chi connectivity index (χ3n) is 4.96. The van der Waals surface area contributed by atoms with Crippen LogP contribution >= 0.6 is 0 Å². The second-order valence-corrected chi connectivity index (χ2v) is 7.59. The van der Waals surface area contributed by atoms with Gasteiger partial charge in [-0.05, 0) is 56.5 Å². The molecule has 29 heavy (non-hydrogen) atoms. The topological polar surface area (TPSA) is 57.9 Å². The highest BCUT2D eigenvalue weighted by Crippen LogP contribution is 2.36. The Morgan fingerprint density at radius 1 is 1.07 bits per heavy atom. The van der Waals surface area contributed by atoms with Crippen LogP contribution in [-0.2, 0) is 6.42 Å². The molecule has 3 aromatic rings. The number of benzene rings is 2. The van der Waals surface area contributed by atoms with Crippen molar-refractivity contribution in [3.05, 3.63) is 51.9 Å². The first-order valence-electron chi connectivity index (χ1n) is 10.1. The molecule has 152 valence electrons. The van der Waals surface area contributed by atoms with Gasteiger partial charge in [-0.15, -0.1) is 0 Å². The fourth-order valence-corrected chi connectivity index (χ4v) is 3.74. The van der Waals surface area contributed by atoms with E-state index in [1.807, 2.05) is 51.1 Å².